The summed E-state index contributed by atoms with van der Waals surface area (Å²) in [6.07, 6.45) is -3.62. The van der Waals surface area contributed by atoms with Crippen molar-refractivity contribution < 1.29 is 27.8 Å². The molecule has 0 aliphatic carbocycles. The van der Waals surface area contributed by atoms with E-state index in [9.17, 15) is 18.0 Å². The Bertz CT molecular complexity index is 463. The molecule has 118 valence electrons. The van der Waals surface area contributed by atoms with Gasteiger partial charge in [-0.05, 0) is 31.2 Å². The molecule has 1 rings (SSSR count). The van der Waals surface area contributed by atoms with Gasteiger partial charge in [-0.1, -0.05) is 13.0 Å². The van der Waals surface area contributed by atoms with Gasteiger partial charge >= 0.3 is 12.1 Å². The molecule has 0 atom stereocenters. The number of carboxylic acids is 1. The molecule has 7 heteroatoms. The van der Waals surface area contributed by atoms with Crippen molar-refractivity contribution in [1.29, 1.82) is 0 Å². The smallest absolute Gasteiger partial charge is 0.401 e. The van der Waals surface area contributed by atoms with Gasteiger partial charge < -0.3 is 9.84 Å². The summed E-state index contributed by atoms with van der Waals surface area (Å²) >= 11 is 0. The summed E-state index contributed by atoms with van der Waals surface area (Å²) in [4.78, 5) is 12.1. The Morgan fingerprint density at radius 2 is 2.05 bits per heavy atom. The zero-order valence-electron chi connectivity index (χ0n) is 11.7. The maximum atomic E-state index is 12.4. The Labute approximate surface area is 121 Å². The minimum absolute atomic E-state index is 0.0686. The highest BCUT2D eigenvalue weighted by Gasteiger charge is 2.30. The Morgan fingerprint density at radius 1 is 1.33 bits per heavy atom. The van der Waals surface area contributed by atoms with Crippen LogP contribution >= 0.6 is 0 Å². The fourth-order valence-corrected chi connectivity index (χ4v) is 1.85. The summed E-state index contributed by atoms with van der Waals surface area (Å²) < 4.78 is 42.4. The van der Waals surface area contributed by atoms with Crippen LogP contribution in [0.3, 0.4) is 0 Å². The lowest BCUT2D eigenvalue weighted by Gasteiger charge is -2.23. The van der Waals surface area contributed by atoms with Crippen molar-refractivity contribution in [2.75, 3.05) is 26.2 Å². The van der Waals surface area contributed by atoms with E-state index < -0.39 is 18.7 Å². The van der Waals surface area contributed by atoms with E-state index in [1.165, 1.54) is 23.1 Å². The van der Waals surface area contributed by atoms with Gasteiger partial charge in [-0.2, -0.15) is 13.2 Å². The molecule has 1 aromatic carbocycles. The maximum absolute atomic E-state index is 12.4. The van der Waals surface area contributed by atoms with Crippen molar-refractivity contribution in [3.05, 3.63) is 29.8 Å². The van der Waals surface area contributed by atoms with Gasteiger partial charge in [0.2, 0.25) is 0 Å². The molecule has 21 heavy (non-hydrogen) atoms. The largest absolute Gasteiger partial charge is 0.492 e. The molecular weight excluding hydrogens is 287 g/mol. The van der Waals surface area contributed by atoms with E-state index in [2.05, 4.69) is 0 Å². The number of aromatic carboxylic acids is 1. The number of alkyl halides is 3. The van der Waals surface area contributed by atoms with E-state index in [1.807, 2.05) is 0 Å². The molecule has 4 nitrogen and oxygen atoms in total. The van der Waals surface area contributed by atoms with Crippen molar-refractivity contribution in [3.63, 3.8) is 0 Å². The number of carboxylic acid groups (broad SMARTS) is 1. The monoisotopic (exact) mass is 305 g/mol. The zero-order valence-corrected chi connectivity index (χ0v) is 11.7. The maximum Gasteiger partial charge on any atom is 0.401 e. The lowest BCUT2D eigenvalue weighted by molar-refractivity contribution is -0.146. The number of rotatable bonds is 8. The third-order valence-electron chi connectivity index (χ3n) is 2.70. The Hall–Kier alpha value is -1.76. The van der Waals surface area contributed by atoms with Crippen LogP contribution in [0.25, 0.3) is 0 Å². The molecule has 0 spiro atoms. The van der Waals surface area contributed by atoms with E-state index in [0.717, 1.165) is 0 Å². The Balaban J connectivity index is 2.50. The number of ether oxygens (including phenoxy) is 1. The van der Waals surface area contributed by atoms with Gasteiger partial charge in [0.05, 0.1) is 12.1 Å². The van der Waals surface area contributed by atoms with Gasteiger partial charge in [0, 0.05) is 6.54 Å². The minimum atomic E-state index is -4.24. The predicted molar refractivity (Wildman–Crippen MR) is 71.7 cm³/mol. The highest BCUT2D eigenvalue weighted by atomic mass is 19.4. The van der Waals surface area contributed by atoms with Crippen molar-refractivity contribution in [3.8, 4) is 5.75 Å². The second kappa shape index (κ2) is 7.87. The number of carbonyl (C=O) groups is 1. The first-order valence-electron chi connectivity index (χ1n) is 6.57. The van der Waals surface area contributed by atoms with E-state index in [-0.39, 0.29) is 18.7 Å². The molecule has 0 saturated heterocycles. The molecule has 0 amide bonds. The second-order valence-electron chi connectivity index (χ2n) is 4.57. The average Bonchev–Trinajstić information content (AvgIpc) is 2.37. The molecule has 0 fully saturated rings. The van der Waals surface area contributed by atoms with Crippen LogP contribution in [0.2, 0.25) is 0 Å². The van der Waals surface area contributed by atoms with Gasteiger partial charge in [-0.25, -0.2) is 4.79 Å². The summed E-state index contributed by atoms with van der Waals surface area (Å²) in [7, 11) is 0. The quantitative estimate of drug-likeness (QED) is 0.802. The predicted octanol–water partition coefficient (Wildman–Crippen LogP) is 3.04. The lowest BCUT2D eigenvalue weighted by atomic mass is 10.2. The van der Waals surface area contributed by atoms with Gasteiger partial charge in [0.1, 0.15) is 12.4 Å². The molecule has 0 bridgehead atoms. The number of nitrogens with zero attached hydrogens (tertiary/aromatic N) is 1. The molecule has 0 saturated carbocycles. The van der Waals surface area contributed by atoms with Crippen LogP contribution in [-0.4, -0.2) is 48.4 Å². The van der Waals surface area contributed by atoms with E-state index in [1.54, 1.807) is 13.0 Å². The average molecular weight is 305 g/mol. The number of benzene rings is 1. The van der Waals surface area contributed by atoms with Crippen LogP contribution in [0, 0.1) is 0 Å². The lowest BCUT2D eigenvalue weighted by Crippen LogP contribution is -2.37. The molecule has 0 aromatic heterocycles. The highest BCUT2D eigenvalue weighted by molar-refractivity contribution is 5.87. The standard InChI is InChI=1S/C14H18F3NO3/c1-2-6-18(10-14(15,16)17)7-8-21-12-5-3-4-11(9-12)13(19)20/h3-5,9H,2,6-8,10H2,1H3,(H,19,20). The second-order valence-corrected chi connectivity index (χ2v) is 4.57. The van der Waals surface area contributed by atoms with Crippen LogP contribution in [0.5, 0.6) is 5.75 Å². The van der Waals surface area contributed by atoms with Crippen LogP contribution in [0.1, 0.15) is 23.7 Å². The molecule has 0 aliphatic rings. The number of hydrogen-bond acceptors (Lipinski definition) is 3. The molecule has 0 aliphatic heterocycles. The Morgan fingerprint density at radius 3 is 2.62 bits per heavy atom. The number of hydrogen-bond donors (Lipinski definition) is 1. The molecular formula is C14H18F3NO3. The van der Waals surface area contributed by atoms with Crippen molar-refractivity contribution in [2.45, 2.75) is 19.5 Å². The third-order valence-corrected chi connectivity index (χ3v) is 2.70. The molecule has 1 N–H and O–H groups in total. The fourth-order valence-electron chi connectivity index (χ4n) is 1.85. The first-order chi connectivity index (χ1) is 9.81. The van der Waals surface area contributed by atoms with Gasteiger partial charge in [0.25, 0.3) is 0 Å². The summed E-state index contributed by atoms with van der Waals surface area (Å²) in [6.45, 7) is 1.36. The summed E-state index contributed by atoms with van der Waals surface area (Å²) in [5.41, 5.74) is 0.0770. The summed E-state index contributed by atoms with van der Waals surface area (Å²) in [6, 6.07) is 5.86. The summed E-state index contributed by atoms with van der Waals surface area (Å²) in [5.74, 6) is -0.747. The highest BCUT2D eigenvalue weighted by Crippen LogP contribution is 2.17. The first kappa shape index (κ1) is 17.3. The van der Waals surface area contributed by atoms with Crippen molar-refractivity contribution in [1.82, 2.24) is 4.90 Å². The third kappa shape index (κ3) is 6.99. The zero-order chi connectivity index (χ0) is 15.9. The molecule has 0 unspecified atom stereocenters. The molecule has 1 aromatic rings. The fraction of sp³-hybridized carbons (Fsp3) is 0.500. The first-order valence-corrected chi connectivity index (χ1v) is 6.57. The van der Waals surface area contributed by atoms with Crippen LogP contribution in [-0.2, 0) is 0 Å². The van der Waals surface area contributed by atoms with Crippen molar-refractivity contribution in [2.24, 2.45) is 0 Å². The van der Waals surface area contributed by atoms with Gasteiger partial charge in [0.15, 0.2) is 0 Å². The van der Waals surface area contributed by atoms with E-state index in [0.29, 0.717) is 18.7 Å². The Kier molecular flexibility index (Phi) is 6.48. The van der Waals surface area contributed by atoms with Crippen LogP contribution in [0.4, 0.5) is 13.2 Å². The van der Waals surface area contributed by atoms with Crippen LogP contribution in [0.15, 0.2) is 24.3 Å². The van der Waals surface area contributed by atoms with Crippen LogP contribution < -0.4 is 4.74 Å². The van der Waals surface area contributed by atoms with E-state index in [4.69, 9.17) is 9.84 Å². The SMILES string of the molecule is CCCN(CCOc1cccc(C(=O)O)c1)CC(F)(F)F. The number of halogens is 3. The normalized spacial score (nSPS) is 11.7. The van der Waals surface area contributed by atoms with E-state index >= 15 is 0 Å². The molecule has 0 heterocycles. The topological polar surface area (TPSA) is 49.8 Å². The molecule has 0 radical (unpaired) electrons. The van der Waals surface area contributed by atoms with Crippen molar-refractivity contribution >= 4 is 5.97 Å². The van der Waals surface area contributed by atoms with Gasteiger partial charge in [-0.15, -0.1) is 0 Å². The van der Waals surface area contributed by atoms with Gasteiger partial charge in [-0.3, -0.25) is 4.90 Å². The minimum Gasteiger partial charge on any atom is -0.492 e. The summed E-state index contributed by atoms with van der Waals surface area (Å²) in [5, 5.41) is 8.83.